The first kappa shape index (κ1) is 16.3. The van der Waals surface area contributed by atoms with Crippen LogP contribution in [0.4, 0.5) is 0 Å². The molecule has 0 atom stereocenters. The summed E-state index contributed by atoms with van der Waals surface area (Å²) in [4.78, 5) is 12.1. The summed E-state index contributed by atoms with van der Waals surface area (Å²) in [6.45, 7) is 6.37. The van der Waals surface area contributed by atoms with Crippen LogP contribution in [0.5, 0.6) is 5.75 Å². The Balaban J connectivity index is 2.13. The van der Waals surface area contributed by atoms with Crippen molar-refractivity contribution < 1.29 is 9.15 Å². The molecule has 0 spiro atoms. The van der Waals surface area contributed by atoms with Crippen molar-refractivity contribution in [1.82, 2.24) is 0 Å². The van der Waals surface area contributed by atoms with Gasteiger partial charge in [-0.05, 0) is 35.1 Å². The molecule has 0 saturated heterocycles. The van der Waals surface area contributed by atoms with E-state index >= 15 is 0 Å². The van der Waals surface area contributed by atoms with Crippen molar-refractivity contribution in [1.29, 1.82) is 0 Å². The van der Waals surface area contributed by atoms with Crippen LogP contribution >= 0.6 is 0 Å². The quantitative estimate of drug-likeness (QED) is 0.623. The van der Waals surface area contributed by atoms with E-state index < -0.39 is 5.63 Å². The predicted molar refractivity (Wildman–Crippen MR) is 97.9 cm³/mol. The van der Waals surface area contributed by atoms with Gasteiger partial charge in [-0.25, -0.2) is 4.79 Å². The molecule has 0 bridgehead atoms. The van der Waals surface area contributed by atoms with Crippen LogP contribution < -0.4 is 10.4 Å². The van der Waals surface area contributed by atoms with Crippen molar-refractivity contribution in [2.24, 2.45) is 0 Å². The van der Waals surface area contributed by atoms with Gasteiger partial charge in [-0.3, -0.25) is 0 Å². The Morgan fingerprint density at radius 2 is 1.71 bits per heavy atom. The molecule has 0 aliphatic rings. The molecule has 2 aromatic carbocycles. The fourth-order valence-corrected chi connectivity index (χ4v) is 3.05. The molecule has 0 N–H and O–H groups in total. The van der Waals surface area contributed by atoms with E-state index in [0.29, 0.717) is 23.7 Å². The maximum absolute atomic E-state index is 12.1. The maximum atomic E-state index is 12.1. The van der Waals surface area contributed by atoms with Gasteiger partial charge in [-0.2, -0.15) is 0 Å². The summed E-state index contributed by atoms with van der Waals surface area (Å²) >= 11 is 0. The van der Waals surface area contributed by atoms with Gasteiger partial charge in [0, 0.05) is 10.9 Å². The van der Waals surface area contributed by atoms with Gasteiger partial charge in [0.05, 0.1) is 7.11 Å². The summed E-state index contributed by atoms with van der Waals surface area (Å²) in [7, 11) is 1.50. The molecule has 1 aromatic heterocycles. The van der Waals surface area contributed by atoms with Gasteiger partial charge in [-0.1, -0.05) is 57.2 Å². The molecule has 3 aromatic rings. The van der Waals surface area contributed by atoms with Crippen LogP contribution in [0.15, 0.2) is 51.7 Å². The zero-order valence-corrected chi connectivity index (χ0v) is 14.6. The van der Waals surface area contributed by atoms with Crippen LogP contribution in [-0.4, -0.2) is 7.11 Å². The number of methoxy groups -OCH3 is 1. The van der Waals surface area contributed by atoms with Crippen LogP contribution in [0.25, 0.3) is 22.1 Å². The van der Waals surface area contributed by atoms with Crippen molar-refractivity contribution >= 4 is 11.0 Å². The topological polar surface area (TPSA) is 39.4 Å². The van der Waals surface area contributed by atoms with Crippen molar-refractivity contribution in [2.75, 3.05) is 7.11 Å². The molecule has 0 amide bonds. The number of fused-ring (bicyclic) bond motifs is 1. The number of hydrogen-bond acceptors (Lipinski definition) is 3. The average molecular weight is 322 g/mol. The van der Waals surface area contributed by atoms with Gasteiger partial charge in [0.25, 0.3) is 0 Å². The van der Waals surface area contributed by atoms with E-state index in [9.17, 15) is 4.79 Å². The van der Waals surface area contributed by atoms with Gasteiger partial charge in [0.2, 0.25) is 5.75 Å². The SMILES string of the molecule is CCc1c(OC)c(=O)oc2cc(-c3ccc(C(C)C)cc3)ccc12. The van der Waals surface area contributed by atoms with Crippen molar-refractivity contribution in [3.05, 3.63) is 64.0 Å². The molecule has 0 radical (unpaired) electrons. The van der Waals surface area contributed by atoms with Gasteiger partial charge < -0.3 is 9.15 Å². The van der Waals surface area contributed by atoms with Crippen molar-refractivity contribution in [3.8, 4) is 16.9 Å². The molecule has 3 rings (SSSR count). The Kier molecular flexibility index (Phi) is 4.43. The largest absolute Gasteiger partial charge is 0.490 e. The lowest BCUT2D eigenvalue weighted by Gasteiger charge is -2.11. The Labute approximate surface area is 141 Å². The normalized spacial score (nSPS) is 11.2. The van der Waals surface area contributed by atoms with Crippen LogP contribution in [-0.2, 0) is 6.42 Å². The fourth-order valence-electron chi connectivity index (χ4n) is 3.05. The van der Waals surface area contributed by atoms with Crippen LogP contribution in [0.1, 0.15) is 37.8 Å². The highest BCUT2D eigenvalue weighted by atomic mass is 16.5. The third-order valence-electron chi connectivity index (χ3n) is 4.44. The van der Waals surface area contributed by atoms with E-state index in [4.69, 9.17) is 9.15 Å². The van der Waals surface area contributed by atoms with Crippen LogP contribution in [0, 0.1) is 0 Å². The minimum Gasteiger partial charge on any atom is -0.490 e. The van der Waals surface area contributed by atoms with Gasteiger partial charge >= 0.3 is 5.63 Å². The molecule has 0 aliphatic carbocycles. The Morgan fingerprint density at radius 3 is 2.29 bits per heavy atom. The number of benzene rings is 2. The van der Waals surface area contributed by atoms with Crippen molar-refractivity contribution in [2.45, 2.75) is 33.1 Å². The fraction of sp³-hybridized carbons (Fsp3) is 0.286. The second-order valence-corrected chi connectivity index (χ2v) is 6.24. The third-order valence-corrected chi connectivity index (χ3v) is 4.44. The Bertz CT molecular complexity index is 918. The highest BCUT2D eigenvalue weighted by molar-refractivity contribution is 5.86. The summed E-state index contributed by atoms with van der Waals surface area (Å²) in [5.74, 6) is 0.812. The zero-order chi connectivity index (χ0) is 17.3. The predicted octanol–water partition coefficient (Wildman–Crippen LogP) is 5.15. The molecule has 3 heteroatoms. The molecular weight excluding hydrogens is 300 g/mol. The first-order valence-corrected chi connectivity index (χ1v) is 8.29. The van der Waals surface area contributed by atoms with Crippen molar-refractivity contribution in [3.63, 3.8) is 0 Å². The highest BCUT2D eigenvalue weighted by Gasteiger charge is 2.14. The smallest absolute Gasteiger partial charge is 0.379 e. The Morgan fingerprint density at radius 1 is 1.04 bits per heavy atom. The highest BCUT2D eigenvalue weighted by Crippen LogP contribution is 2.30. The molecule has 24 heavy (non-hydrogen) atoms. The average Bonchev–Trinajstić information content (AvgIpc) is 2.60. The minimum absolute atomic E-state index is 0.305. The van der Waals surface area contributed by atoms with E-state index in [0.717, 1.165) is 22.1 Å². The molecular formula is C21H22O3. The molecule has 0 saturated carbocycles. The van der Waals surface area contributed by atoms with Crippen LogP contribution in [0.3, 0.4) is 0 Å². The summed E-state index contributed by atoms with van der Waals surface area (Å²) < 4.78 is 10.7. The van der Waals surface area contributed by atoms with E-state index in [1.54, 1.807) is 0 Å². The van der Waals surface area contributed by atoms with Gasteiger partial charge in [-0.15, -0.1) is 0 Å². The standard InChI is InChI=1S/C21H22O3/c1-5-17-18-11-10-16(12-19(18)24-21(22)20(17)23-4)15-8-6-14(7-9-15)13(2)3/h6-13H,5H2,1-4H3. The molecule has 0 aliphatic heterocycles. The van der Waals surface area contributed by atoms with E-state index in [1.807, 2.05) is 19.1 Å². The van der Waals surface area contributed by atoms with E-state index in [2.05, 4.69) is 44.2 Å². The molecule has 1 heterocycles. The monoisotopic (exact) mass is 322 g/mol. The van der Waals surface area contributed by atoms with Crippen LogP contribution in [0.2, 0.25) is 0 Å². The second kappa shape index (κ2) is 6.52. The second-order valence-electron chi connectivity index (χ2n) is 6.24. The van der Waals surface area contributed by atoms with E-state index in [1.165, 1.54) is 12.7 Å². The lowest BCUT2D eigenvalue weighted by atomic mass is 9.97. The lowest BCUT2D eigenvalue weighted by molar-refractivity contribution is 0.381. The maximum Gasteiger partial charge on any atom is 0.379 e. The summed E-state index contributed by atoms with van der Waals surface area (Å²) in [5.41, 5.74) is 4.53. The summed E-state index contributed by atoms with van der Waals surface area (Å²) in [6, 6.07) is 14.5. The van der Waals surface area contributed by atoms with Gasteiger partial charge in [0.15, 0.2) is 0 Å². The molecule has 0 fully saturated rings. The van der Waals surface area contributed by atoms with E-state index in [-0.39, 0.29) is 0 Å². The summed E-state index contributed by atoms with van der Waals surface area (Å²) in [6.07, 6.45) is 0.716. The molecule has 3 nitrogen and oxygen atoms in total. The zero-order valence-electron chi connectivity index (χ0n) is 14.6. The number of ether oxygens (including phenoxy) is 1. The molecule has 0 unspecified atom stereocenters. The lowest BCUT2D eigenvalue weighted by Crippen LogP contribution is -2.07. The number of aryl methyl sites for hydroxylation is 1. The number of rotatable bonds is 4. The first-order valence-electron chi connectivity index (χ1n) is 8.29. The minimum atomic E-state index is -0.422. The Hall–Kier alpha value is -2.55. The summed E-state index contributed by atoms with van der Waals surface area (Å²) in [5, 5.41) is 0.927. The molecule has 124 valence electrons. The number of hydrogen-bond donors (Lipinski definition) is 0. The third kappa shape index (κ3) is 2.82. The van der Waals surface area contributed by atoms with Gasteiger partial charge in [0.1, 0.15) is 5.58 Å². The first-order chi connectivity index (χ1) is 11.5.